The molecule has 2 aromatic rings. The number of rotatable bonds is 4. The van der Waals surface area contributed by atoms with Gasteiger partial charge in [-0.2, -0.15) is 0 Å². The van der Waals surface area contributed by atoms with Crippen LogP contribution in [-0.4, -0.2) is 22.2 Å². The number of halogens is 1. The summed E-state index contributed by atoms with van der Waals surface area (Å²) in [5.41, 5.74) is 0.820. The number of benzene rings is 1. The summed E-state index contributed by atoms with van der Waals surface area (Å²) in [4.78, 5) is 14.7. The number of carbonyl (C=O) groups is 1. The number of hydrogen-bond donors (Lipinski definition) is 0. The molecule has 1 aromatic carbocycles. The van der Waals surface area contributed by atoms with Crippen molar-refractivity contribution in [3.8, 4) is 5.75 Å². The Morgan fingerprint density at radius 2 is 2.26 bits per heavy atom. The molecule has 0 radical (unpaired) electrons. The van der Waals surface area contributed by atoms with Crippen LogP contribution in [0, 0.1) is 0 Å². The van der Waals surface area contributed by atoms with Gasteiger partial charge in [0.05, 0.1) is 24.8 Å². The zero-order valence-corrected chi connectivity index (χ0v) is 15.3. The summed E-state index contributed by atoms with van der Waals surface area (Å²) in [5, 5.41) is 0. The minimum Gasteiger partial charge on any atom is -0.496 e. The number of nitrogens with zero attached hydrogens (tertiary/aromatic N) is 1. The van der Waals surface area contributed by atoms with Crippen molar-refractivity contribution in [2.75, 3.05) is 7.11 Å². The zero-order valence-electron chi connectivity index (χ0n) is 12.1. The molecule has 1 amide bonds. The SMILES string of the molecule is COc1ccc(Br)cc1C=C1SC(=S)N(Cc2ccco2)C1=O. The number of thiocarbonyl (C=S) groups is 1. The van der Waals surface area contributed by atoms with Crippen LogP contribution in [-0.2, 0) is 11.3 Å². The van der Waals surface area contributed by atoms with Crippen LogP contribution in [0.1, 0.15) is 11.3 Å². The number of furan rings is 1. The van der Waals surface area contributed by atoms with Crippen molar-refractivity contribution >= 4 is 56.2 Å². The summed E-state index contributed by atoms with van der Waals surface area (Å²) >= 11 is 10.0. The number of hydrogen-bond acceptors (Lipinski definition) is 5. The molecule has 2 heterocycles. The predicted octanol–water partition coefficient (Wildman–Crippen LogP) is 4.45. The third kappa shape index (κ3) is 3.52. The highest BCUT2D eigenvalue weighted by molar-refractivity contribution is 9.10. The van der Waals surface area contributed by atoms with Crippen molar-refractivity contribution in [2.45, 2.75) is 6.54 Å². The van der Waals surface area contributed by atoms with Gasteiger partial charge in [0, 0.05) is 10.0 Å². The fourth-order valence-electron chi connectivity index (χ4n) is 2.15. The third-order valence-corrected chi connectivity index (χ3v) is 5.12. The van der Waals surface area contributed by atoms with E-state index in [4.69, 9.17) is 21.4 Å². The van der Waals surface area contributed by atoms with Crippen molar-refractivity contribution in [3.05, 3.63) is 57.3 Å². The van der Waals surface area contributed by atoms with Gasteiger partial charge in [-0.3, -0.25) is 9.69 Å². The van der Waals surface area contributed by atoms with Gasteiger partial charge in [0.25, 0.3) is 5.91 Å². The van der Waals surface area contributed by atoms with Crippen LogP contribution in [0.2, 0.25) is 0 Å². The number of ether oxygens (including phenoxy) is 1. The molecule has 0 spiro atoms. The van der Waals surface area contributed by atoms with Crippen LogP contribution in [0.3, 0.4) is 0 Å². The first-order valence-corrected chi connectivity index (χ1v) is 8.71. The number of carbonyl (C=O) groups excluding carboxylic acids is 1. The Labute approximate surface area is 151 Å². The zero-order chi connectivity index (χ0) is 16.4. The first kappa shape index (κ1) is 16.3. The second-order valence-corrected chi connectivity index (χ2v) is 7.32. The van der Waals surface area contributed by atoms with Crippen LogP contribution in [0.25, 0.3) is 6.08 Å². The summed E-state index contributed by atoms with van der Waals surface area (Å²) in [6.45, 7) is 0.338. The molecule has 1 aliphatic rings. The summed E-state index contributed by atoms with van der Waals surface area (Å²) in [7, 11) is 1.60. The van der Waals surface area contributed by atoms with E-state index in [2.05, 4.69) is 15.9 Å². The molecule has 118 valence electrons. The number of thioether (sulfide) groups is 1. The van der Waals surface area contributed by atoms with Gasteiger partial charge in [-0.15, -0.1) is 0 Å². The smallest absolute Gasteiger partial charge is 0.266 e. The molecule has 0 saturated carbocycles. The molecule has 1 aliphatic heterocycles. The lowest BCUT2D eigenvalue weighted by atomic mass is 10.2. The van der Waals surface area contributed by atoms with Crippen LogP contribution in [0.15, 0.2) is 50.4 Å². The highest BCUT2D eigenvalue weighted by Gasteiger charge is 2.32. The Morgan fingerprint density at radius 3 is 2.96 bits per heavy atom. The molecule has 7 heteroatoms. The van der Waals surface area contributed by atoms with Gasteiger partial charge in [0.15, 0.2) is 0 Å². The van der Waals surface area contributed by atoms with Crippen LogP contribution < -0.4 is 4.74 Å². The van der Waals surface area contributed by atoms with Gasteiger partial charge in [-0.05, 0) is 36.4 Å². The maximum atomic E-state index is 12.6. The molecule has 0 atom stereocenters. The van der Waals surface area contributed by atoms with E-state index in [1.807, 2.05) is 24.3 Å². The predicted molar refractivity (Wildman–Crippen MR) is 98.1 cm³/mol. The molecule has 1 saturated heterocycles. The lowest BCUT2D eigenvalue weighted by Gasteiger charge is -2.12. The molecule has 1 fully saturated rings. The largest absolute Gasteiger partial charge is 0.496 e. The molecule has 1 aromatic heterocycles. The Hall–Kier alpha value is -1.57. The highest BCUT2D eigenvalue weighted by atomic mass is 79.9. The lowest BCUT2D eigenvalue weighted by molar-refractivity contribution is -0.122. The minimum atomic E-state index is -0.126. The normalized spacial score (nSPS) is 16.4. The van der Waals surface area contributed by atoms with Crippen molar-refractivity contribution in [1.29, 1.82) is 0 Å². The molecule has 4 nitrogen and oxygen atoms in total. The Balaban J connectivity index is 1.88. The van der Waals surface area contributed by atoms with Gasteiger partial charge in [-0.25, -0.2) is 0 Å². The maximum absolute atomic E-state index is 12.6. The van der Waals surface area contributed by atoms with E-state index < -0.39 is 0 Å². The van der Waals surface area contributed by atoms with E-state index in [9.17, 15) is 4.79 Å². The van der Waals surface area contributed by atoms with Gasteiger partial charge in [-0.1, -0.05) is 39.9 Å². The number of amides is 1. The molecular formula is C16H12BrNO3S2. The van der Waals surface area contributed by atoms with E-state index >= 15 is 0 Å². The first-order chi connectivity index (χ1) is 11.1. The maximum Gasteiger partial charge on any atom is 0.266 e. The van der Waals surface area contributed by atoms with Gasteiger partial charge in [0.2, 0.25) is 0 Å². The van der Waals surface area contributed by atoms with Gasteiger partial charge >= 0.3 is 0 Å². The lowest BCUT2D eigenvalue weighted by Crippen LogP contribution is -2.27. The Kier molecular flexibility index (Phi) is 4.89. The monoisotopic (exact) mass is 409 g/mol. The molecule has 0 unspecified atom stereocenters. The molecular weight excluding hydrogens is 398 g/mol. The van der Waals surface area contributed by atoms with Gasteiger partial charge < -0.3 is 9.15 Å². The van der Waals surface area contributed by atoms with Crippen molar-refractivity contribution < 1.29 is 13.9 Å². The van der Waals surface area contributed by atoms with Crippen LogP contribution >= 0.6 is 39.9 Å². The molecule has 0 bridgehead atoms. The molecule has 23 heavy (non-hydrogen) atoms. The third-order valence-electron chi connectivity index (χ3n) is 3.25. The average molecular weight is 410 g/mol. The standard InChI is InChI=1S/C16H12BrNO3S2/c1-20-13-5-4-11(17)7-10(13)8-14-15(19)18(16(22)23-14)9-12-3-2-6-21-12/h2-8H,9H2,1H3. The average Bonchev–Trinajstić information content (AvgIpc) is 3.12. The van der Waals surface area contributed by atoms with E-state index in [0.29, 0.717) is 27.3 Å². The number of methoxy groups -OCH3 is 1. The summed E-state index contributed by atoms with van der Waals surface area (Å²) in [6.07, 6.45) is 3.38. The summed E-state index contributed by atoms with van der Waals surface area (Å²) < 4.78 is 12.1. The Morgan fingerprint density at radius 1 is 1.43 bits per heavy atom. The Bertz CT molecular complexity index is 787. The summed E-state index contributed by atoms with van der Waals surface area (Å²) in [5.74, 6) is 1.27. The minimum absolute atomic E-state index is 0.126. The molecule has 0 N–H and O–H groups in total. The van der Waals surface area contributed by atoms with Crippen LogP contribution in [0.4, 0.5) is 0 Å². The quantitative estimate of drug-likeness (QED) is 0.550. The van der Waals surface area contributed by atoms with Crippen molar-refractivity contribution in [1.82, 2.24) is 4.90 Å². The fourth-order valence-corrected chi connectivity index (χ4v) is 3.78. The summed E-state index contributed by atoms with van der Waals surface area (Å²) in [6, 6.07) is 9.24. The second-order valence-electron chi connectivity index (χ2n) is 4.73. The molecule has 0 aliphatic carbocycles. The first-order valence-electron chi connectivity index (χ1n) is 6.70. The second kappa shape index (κ2) is 6.90. The van der Waals surface area contributed by atoms with Gasteiger partial charge in [0.1, 0.15) is 15.8 Å². The van der Waals surface area contributed by atoms with E-state index in [1.165, 1.54) is 16.7 Å². The fraction of sp³-hybridized carbons (Fsp3) is 0.125. The van der Waals surface area contributed by atoms with Crippen molar-refractivity contribution in [3.63, 3.8) is 0 Å². The van der Waals surface area contributed by atoms with E-state index in [1.54, 1.807) is 25.5 Å². The highest BCUT2D eigenvalue weighted by Crippen LogP contribution is 2.35. The van der Waals surface area contributed by atoms with Crippen molar-refractivity contribution in [2.24, 2.45) is 0 Å². The molecule has 3 rings (SSSR count). The van der Waals surface area contributed by atoms with E-state index in [-0.39, 0.29) is 5.91 Å². The topological polar surface area (TPSA) is 42.7 Å². The van der Waals surface area contributed by atoms with E-state index in [0.717, 1.165) is 10.0 Å². The van der Waals surface area contributed by atoms with Crippen LogP contribution in [0.5, 0.6) is 5.75 Å².